The Hall–Kier alpha value is -1.13. The molecule has 0 aromatic carbocycles. The molecule has 2 heterocycles. The summed E-state index contributed by atoms with van der Waals surface area (Å²) in [5.74, 6) is 0. The molecule has 4 heteroatoms. The minimum absolute atomic E-state index is 0.0844. The van der Waals surface area contributed by atoms with Gasteiger partial charge in [0.05, 0.1) is 5.69 Å². The molecular weight excluding hydrogens is 266 g/mol. The Morgan fingerprint density at radius 1 is 1.35 bits per heavy atom. The third kappa shape index (κ3) is 2.81. The van der Waals surface area contributed by atoms with Gasteiger partial charge in [-0.05, 0) is 57.2 Å². The van der Waals surface area contributed by atoms with E-state index in [1.165, 1.54) is 30.6 Å². The van der Waals surface area contributed by atoms with Gasteiger partial charge >= 0.3 is 0 Å². The van der Waals surface area contributed by atoms with Crippen molar-refractivity contribution in [3.8, 4) is 0 Å². The number of rotatable bonds is 4. The van der Waals surface area contributed by atoms with Crippen LogP contribution in [0.3, 0.4) is 0 Å². The van der Waals surface area contributed by atoms with Gasteiger partial charge < -0.3 is 5.73 Å². The van der Waals surface area contributed by atoms with Crippen LogP contribution in [0.25, 0.3) is 0 Å². The van der Waals surface area contributed by atoms with Crippen molar-refractivity contribution in [3.05, 3.63) is 39.3 Å². The number of hydrogen-bond acceptors (Lipinski definition) is 3. The van der Waals surface area contributed by atoms with Gasteiger partial charge in [0.15, 0.2) is 0 Å². The van der Waals surface area contributed by atoms with Gasteiger partial charge in [0.1, 0.15) is 0 Å². The molecule has 0 saturated heterocycles. The van der Waals surface area contributed by atoms with E-state index in [9.17, 15) is 0 Å². The van der Waals surface area contributed by atoms with Crippen molar-refractivity contribution in [2.75, 3.05) is 0 Å². The van der Waals surface area contributed by atoms with E-state index < -0.39 is 0 Å². The number of nitrogens with two attached hydrogens (primary N) is 1. The lowest BCUT2D eigenvalue weighted by atomic mass is 9.98. The predicted molar refractivity (Wildman–Crippen MR) is 84.2 cm³/mol. The van der Waals surface area contributed by atoms with E-state index in [0.29, 0.717) is 6.04 Å². The lowest BCUT2D eigenvalue weighted by molar-refractivity contribution is 0.523. The summed E-state index contributed by atoms with van der Waals surface area (Å²) in [5.41, 5.74) is 9.02. The zero-order valence-electron chi connectivity index (χ0n) is 12.3. The molecule has 0 spiro atoms. The van der Waals surface area contributed by atoms with Crippen LogP contribution in [0, 0.1) is 0 Å². The van der Waals surface area contributed by atoms with Gasteiger partial charge in [-0.1, -0.05) is 0 Å². The standard InChI is InChI=1S/C16H23N3S/c1-11(2)19-8-7-13(18-19)10-14(17)16-9-12-5-3-4-6-15(12)20-16/h7-9,11,14H,3-6,10,17H2,1-2H3. The van der Waals surface area contributed by atoms with Crippen LogP contribution in [0.4, 0.5) is 0 Å². The van der Waals surface area contributed by atoms with Crippen molar-refractivity contribution in [1.29, 1.82) is 0 Å². The highest BCUT2D eigenvalue weighted by atomic mass is 32.1. The number of aromatic nitrogens is 2. The second kappa shape index (κ2) is 5.70. The maximum absolute atomic E-state index is 6.39. The fraction of sp³-hybridized carbons (Fsp3) is 0.562. The molecule has 0 radical (unpaired) electrons. The van der Waals surface area contributed by atoms with Gasteiger partial charge in [-0.25, -0.2) is 0 Å². The Kier molecular flexibility index (Phi) is 3.94. The van der Waals surface area contributed by atoms with Crippen molar-refractivity contribution in [2.45, 2.75) is 58.0 Å². The third-order valence-electron chi connectivity index (χ3n) is 4.00. The maximum Gasteiger partial charge on any atom is 0.0643 e. The summed E-state index contributed by atoms with van der Waals surface area (Å²) >= 11 is 1.92. The minimum Gasteiger partial charge on any atom is -0.323 e. The maximum atomic E-state index is 6.39. The predicted octanol–water partition coefficient (Wildman–Crippen LogP) is 3.65. The average Bonchev–Trinajstić information content (AvgIpc) is 3.04. The molecule has 3 rings (SSSR count). The molecule has 0 aliphatic heterocycles. The number of hydrogen-bond donors (Lipinski definition) is 1. The van der Waals surface area contributed by atoms with E-state index in [0.717, 1.165) is 12.1 Å². The molecule has 1 atom stereocenters. The van der Waals surface area contributed by atoms with Crippen LogP contribution in [-0.2, 0) is 19.3 Å². The summed E-state index contributed by atoms with van der Waals surface area (Å²) in [4.78, 5) is 2.89. The number of thiophene rings is 1. The summed E-state index contributed by atoms with van der Waals surface area (Å²) in [5, 5.41) is 4.60. The molecule has 3 nitrogen and oxygen atoms in total. The molecule has 2 aromatic heterocycles. The molecule has 2 N–H and O–H groups in total. The Labute approximate surface area is 124 Å². The molecule has 1 unspecified atom stereocenters. The van der Waals surface area contributed by atoms with Gasteiger partial charge in [0, 0.05) is 34.5 Å². The van der Waals surface area contributed by atoms with Crippen LogP contribution in [0.1, 0.15) is 59.8 Å². The Morgan fingerprint density at radius 3 is 2.85 bits per heavy atom. The molecular formula is C16H23N3S. The SMILES string of the molecule is CC(C)n1ccc(CC(N)c2cc3c(s2)CCCC3)n1. The fourth-order valence-corrected chi connectivity index (χ4v) is 4.06. The molecule has 20 heavy (non-hydrogen) atoms. The molecule has 1 aliphatic rings. The van der Waals surface area contributed by atoms with Crippen LogP contribution in [0.15, 0.2) is 18.3 Å². The van der Waals surface area contributed by atoms with Gasteiger partial charge in [0.25, 0.3) is 0 Å². The zero-order chi connectivity index (χ0) is 14.1. The van der Waals surface area contributed by atoms with Crippen molar-refractivity contribution in [2.24, 2.45) is 5.73 Å². The van der Waals surface area contributed by atoms with Crippen molar-refractivity contribution in [1.82, 2.24) is 9.78 Å². The topological polar surface area (TPSA) is 43.8 Å². The van der Waals surface area contributed by atoms with E-state index in [1.54, 1.807) is 10.4 Å². The molecule has 0 fully saturated rings. The highest BCUT2D eigenvalue weighted by molar-refractivity contribution is 7.12. The first kappa shape index (κ1) is 13.8. The van der Waals surface area contributed by atoms with Crippen molar-refractivity contribution >= 4 is 11.3 Å². The van der Waals surface area contributed by atoms with E-state index in [-0.39, 0.29) is 6.04 Å². The Balaban J connectivity index is 1.71. The molecule has 108 valence electrons. The van der Waals surface area contributed by atoms with Crippen LogP contribution in [-0.4, -0.2) is 9.78 Å². The lowest BCUT2D eigenvalue weighted by Crippen LogP contribution is -2.12. The van der Waals surface area contributed by atoms with Crippen LogP contribution >= 0.6 is 11.3 Å². The number of fused-ring (bicyclic) bond motifs is 1. The zero-order valence-corrected chi connectivity index (χ0v) is 13.1. The van der Waals surface area contributed by atoms with Crippen LogP contribution in [0.2, 0.25) is 0 Å². The first-order chi connectivity index (χ1) is 9.63. The molecule has 2 aromatic rings. The van der Waals surface area contributed by atoms with E-state index in [2.05, 4.69) is 31.1 Å². The molecule has 0 amide bonds. The smallest absolute Gasteiger partial charge is 0.0643 e. The van der Waals surface area contributed by atoms with Crippen molar-refractivity contribution in [3.63, 3.8) is 0 Å². The third-order valence-corrected chi connectivity index (χ3v) is 5.37. The molecule has 0 bridgehead atoms. The first-order valence-electron chi connectivity index (χ1n) is 7.54. The van der Waals surface area contributed by atoms with E-state index >= 15 is 0 Å². The summed E-state index contributed by atoms with van der Waals surface area (Å²) in [6, 6.07) is 4.92. The number of nitrogens with zero attached hydrogens (tertiary/aromatic N) is 2. The first-order valence-corrected chi connectivity index (χ1v) is 8.36. The van der Waals surface area contributed by atoms with E-state index in [1.807, 2.05) is 22.2 Å². The fourth-order valence-electron chi connectivity index (χ4n) is 2.80. The lowest BCUT2D eigenvalue weighted by Gasteiger charge is -2.08. The summed E-state index contributed by atoms with van der Waals surface area (Å²) in [7, 11) is 0. The normalized spacial score (nSPS) is 16.4. The highest BCUT2D eigenvalue weighted by Gasteiger charge is 2.18. The van der Waals surface area contributed by atoms with Gasteiger partial charge in [-0.15, -0.1) is 11.3 Å². The Bertz CT molecular complexity index is 559. The Morgan fingerprint density at radius 2 is 2.15 bits per heavy atom. The van der Waals surface area contributed by atoms with Gasteiger partial charge in [-0.2, -0.15) is 5.10 Å². The summed E-state index contributed by atoms with van der Waals surface area (Å²) in [6.45, 7) is 4.29. The minimum atomic E-state index is 0.0844. The number of aryl methyl sites for hydroxylation is 2. The van der Waals surface area contributed by atoms with Gasteiger partial charge in [-0.3, -0.25) is 4.68 Å². The second-order valence-electron chi connectivity index (χ2n) is 6.00. The summed E-state index contributed by atoms with van der Waals surface area (Å²) < 4.78 is 2.00. The van der Waals surface area contributed by atoms with Crippen molar-refractivity contribution < 1.29 is 0 Å². The molecule has 1 aliphatic carbocycles. The van der Waals surface area contributed by atoms with Crippen LogP contribution < -0.4 is 5.73 Å². The van der Waals surface area contributed by atoms with Crippen LogP contribution in [0.5, 0.6) is 0 Å². The largest absolute Gasteiger partial charge is 0.323 e. The molecule has 0 saturated carbocycles. The monoisotopic (exact) mass is 289 g/mol. The van der Waals surface area contributed by atoms with E-state index in [4.69, 9.17) is 5.73 Å². The average molecular weight is 289 g/mol. The second-order valence-corrected chi connectivity index (χ2v) is 7.16. The van der Waals surface area contributed by atoms with Gasteiger partial charge in [0.2, 0.25) is 0 Å². The highest BCUT2D eigenvalue weighted by Crippen LogP contribution is 2.33. The quantitative estimate of drug-likeness (QED) is 0.933. The summed E-state index contributed by atoms with van der Waals surface area (Å²) in [6.07, 6.45) is 8.03.